The summed E-state index contributed by atoms with van der Waals surface area (Å²) in [5, 5.41) is 11.9. The highest BCUT2D eigenvalue weighted by atomic mass is 16.2. The average molecular weight is 250 g/mol. The molecule has 0 saturated heterocycles. The van der Waals surface area contributed by atoms with Crippen LogP contribution in [0.4, 0.5) is 11.6 Å². The van der Waals surface area contributed by atoms with Crippen LogP contribution in [0, 0.1) is 0 Å². The summed E-state index contributed by atoms with van der Waals surface area (Å²) in [6.45, 7) is 1.04. The summed E-state index contributed by atoms with van der Waals surface area (Å²) in [4.78, 5) is 8.57. The number of nitrogen functional groups attached to an aromatic ring is 1. The van der Waals surface area contributed by atoms with Crippen LogP contribution in [0.3, 0.4) is 0 Å². The molecular formula is C11H18N6O. The lowest BCUT2D eigenvalue weighted by Gasteiger charge is -2.09. The van der Waals surface area contributed by atoms with Crippen LogP contribution in [0.2, 0.25) is 0 Å². The van der Waals surface area contributed by atoms with Crippen molar-refractivity contribution < 1.29 is 5.11 Å². The van der Waals surface area contributed by atoms with Gasteiger partial charge in [0.2, 0.25) is 0 Å². The summed E-state index contributed by atoms with van der Waals surface area (Å²) < 4.78 is 1.86. The number of nitrogens with one attached hydrogen (secondary N) is 2. The molecule has 2 rings (SSSR count). The van der Waals surface area contributed by atoms with Gasteiger partial charge in [-0.05, 0) is 19.3 Å². The number of aliphatic hydroxyl groups excluding tert-OH is 1. The number of nitrogens with two attached hydrogens (primary N) is 1. The highest BCUT2D eigenvalue weighted by Crippen LogP contribution is 2.15. The minimum Gasteiger partial charge on any atom is -0.396 e. The third-order valence-electron chi connectivity index (χ3n) is 2.65. The summed E-state index contributed by atoms with van der Waals surface area (Å²) >= 11 is 0. The molecule has 0 bridgehead atoms. The minimum absolute atomic E-state index is 0.245. The second kappa shape index (κ2) is 6.18. The summed E-state index contributed by atoms with van der Waals surface area (Å²) in [6, 6.07) is 0. The van der Waals surface area contributed by atoms with Gasteiger partial charge in [-0.15, -0.1) is 0 Å². The van der Waals surface area contributed by atoms with Gasteiger partial charge in [-0.2, -0.15) is 0 Å². The molecule has 0 radical (unpaired) electrons. The zero-order valence-corrected chi connectivity index (χ0v) is 10.1. The van der Waals surface area contributed by atoms with Crippen LogP contribution in [0.25, 0.3) is 5.65 Å². The van der Waals surface area contributed by atoms with Crippen molar-refractivity contribution in [3.63, 3.8) is 0 Å². The minimum atomic E-state index is 0.245. The molecule has 0 amide bonds. The van der Waals surface area contributed by atoms with E-state index in [1.165, 1.54) is 0 Å². The van der Waals surface area contributed by atoms with Gasteiger partial charge in [-0.3, -0.25) is 0 Å². The van der Waals surface area contributed by atoms with Gasteiger partial charge in [0.05, 0.1) is 6.20 Å². The summed E-state index contributed by atoms with van der Waals surface area (Å²) in [5.41, 5.74) is 3.30. The molecule has 0 aromatic carbocycles. The van der Waals surface area contributed by atoms with Crippen molar-refractivity contribution >= 4 is 17.3 Å². The maximum Gasteiger partial charge on any atom is 0.180 e. The monoisotopic (exact) mass is 250 g/mol. The van der Waals surface area contributed by atoms with E-state index in [0.29, 0.717) is 11.6 Å². The molecule has 0 aliphatic heterocycles. The SMILES string of the molecule is NNc1cn2ccnc2c(NCCCCCO)n1. The van der Waals surface area contributed by atoms with E-state index >= 15 is 0 Å². The molecule has 0 saturated carbocycles. The molecule has 0 fully saturated rings. The molecule has 2 aromatic rings. The molecule has 98 valence electrons. The number of unbranched alkanes of at least 4 members (excludes halogenated alkanes) is 2. The molecule has 7 nitrogen and oxygen atoms in total. The lowest BCUT2D eigenvalue weighted by molar-refractivity contribution is 0.283. The number of aliphatic hydroxyl groups is 1. The van der Waals surface area contributed by atoms with E-state index in [1.54, 1.807) is 12.4 Å². The summed E-state index contributed by atoms with van der Waals surface area (Å²) in [7, 11) is 0. The van der Waals surface area contributed by atoms with Crippen LogP contribution in [0.15, 0.2) is 18.6 Å². The Bertz CT molecular complexity index is 497. The first-order chi connectivity index (χ1) is 8.85. The molecule has 0 atom stereocenters. The summed E-state index contributed by atoms with van der Waals surface area (Å²) in [6.07, 6.45) is 8.14. The number of hydrogen-bond acceptors (Lipinski definition) is 6. The van der Waals surface area contributed by atoms with Crippen LogP contribution in [-0.2, 0) is 0 Å². The Morgan fingerprint density at radius 1 is 1.33 bits per heavy atom. The predicted octanol–water partition coefficient (Wildman–Crippen LogP) is 0.589. The van der Waals surface area contributed by atoms with Gasteiger partial charge in [0.15, 0.2) is 17.3 Å². The van der Waals surface area contributed by atoms with Crippen molar-refractivity contribution in [2.75, 3.05) is 23.9 Å². The van der Waals surface area contributed by atoms with E-state index in [1.807, 2.05) is 10.6 Å². The van der Waals surface area contributed by atoms with E-state index in [0.717, 1.165) is 31.5 Å². The van der Waals surface area contributed by atoms with Crippen molar-refractivity contribution in [3.8, 4) is 0 Å². The second-order valence-electron chi connectivity index (χ2n) is 3.99. The normalized spacial score (nSPS) is 10.8. The predicted molar refractivity (Wildman–Crippen MR) is 70.2 cm³/mol. The van der Waals surface area contributed by atoms with Crippen LogP contribution < -0.4 is 16.6 Å². The molecule has 0 aliphatic carbocycles. The van der Waals surface area contributed by atoms with Gasteiger partial charge >= 0.3 is 0 Å². The quantitative estimate of drug-likeness (QED) is 0.326. The van der Waals surface area contributed by atoms with E-state index < -0.39 is 0 Å². The van der Waals surface area contributed by atoms with Gasteiger partial charge in [0, 0.05) is 25.5 Å². The number of imidazole rings is 1. The van der Waals surface area contributed by atoms with Crippen molar-refractivity contribution in [2.24, 2.45) is 5.84 Å². The highest BCUT2D eigenvalue weighted by Gasteiger charge is 2.06. The molecule has 0 unspecified atom stereocenters. The number of rotatable bonds is 7. The standard InChI is InChI=1S/C11H18N6O/c12-16-9-8-17-6-5-14-11(17)10(15-9)13-4-2-1-3-7-18/h5-6,8,16,18H,1-4,7,12H2,(H,13,15). The molecule has 2 aromatic heterocycles. The van der Waals surface area contributed by atoms with Gasteiger partial charge < -0.3 is 20.2 Å². The number of nitrogens with zero attached hydrogens (tertiary/aromatic N) is 3. The van der Waals surface area contributed by atoms with E-state index in [4.69, 9.17) is 10.9 Å². The largest absolute Gasteiger partial charge is 0.396 e. The number of hydrazine groups is 1. The summed E-state index contributed by atoms with van der Waals surface area (Å²) in [5.74, 6) is 6.66. The van der Waals surface area contributed by atoms with Gasteiger partial charge in [0.25, 0.3) is 0 Å². The Balaban J connectivity index is 2.04. The van der Waals surface area contributed by atoms with Gasteiger partial charge in [-0.1, -0.05) is 0 Å². The van der Waals surface area contributed by atoms with Crippen molar-refractivity contribution in [1.82, 2.24) is 14.4 Å². The smallest absolute Gasteiger partial charge is 0.180 e. The van der Waals surface area contributed by atoms with Crippen molar-refractivity contribution in [2.45, 2.75) is 19.3 Å². The van der Waals surface area contributed by atoms with Gasteiger partial charge in [-0.25, -0.2) is 15.8 Å². The van der Waals surface area contributed by atoms with E-state index in [-0.39, 0.29) is 6.61 Å². The molecule has 5 N–H and O–H groups in total. The molecule has 18 heavy (non-hydrogen) atoms. The fourth-order valence-electron chi connectivity index (χ4n) is 1.74. The Hall–Kier alpha value is -1.86. The lowest BCUT2D eigenvalue weighted by Crippen LogP contribution is -2.12. The third-order valence-corrected chi connectivity index (χ3v) is 2.65. The second-order valence-corrected chi connectivity index (χ2v) is 3.99. The maximum atomic E-state index is 8.70. The van der Waals surface area contributed by atoms with Crippen LogP contribution in [-0.4, -0.2) is 32.6 Å². The van der Waals surface area contributed by atoms with Crippen molar-refractivity contribution in [1.29, 1.82) is 0 Å². The Morgan fingerprint density at radius 2 is 2.22 bits per heavy atom. The third kappa shape index (κ3) is 2.88. The van der Waals surface area contributed by atoms with E-state index in [2.05, 4.69) is 20.7 Å². The Labute approximate surface area is 105 Å². The molecule has 0 aliphatic rings. The number of fused-ring (bicyclic) bond motifs is 1. The molecule has 2 heterocycles. The van der Waals surface area contributed by atoms with Crippen LogP contribution in [0.1, 0.15) is 19.3 Å². The fourth-order valence-corrected chi connectivity index (χ4v) is 1.74. The Kier molecular flexibility index (Phi) is 4.32. The first-order valence-electron chi connectivity index (χ1n) is 6.00. The van der Waals surface area contributed by atoms with E-state index in [9.17, 15) is 0 Å². The van der Waals surface area contributed by atoms with Crippen molar-refractivity contribution in [3.05, 3.63) is 18.6 Å². The number of anilines is 2. The fraction of sp³-hybridized carbons (Fsp3) is 0.455. The highest BCUT2D eigenvalue weighted by molar-refractivity contribution is 5.65. The first-order valence-corrected chi connectivity index (χ1v) is 6.00. The average Bonchev–Trinajstić information content (AvgIpc) is 2.86. The zero-order valence-electron chi connectivity index (χ0n) is 10.1. The molecule has 7 heteroatoms. The first kappa shape index (κ1) is 12.6. The number of hydrogen-bond donors (Lipinski definition) is 4. The van der Waals surface area contributed by atoms with Gasteiger partial charge in [0.1, 0.15) is 0 Å². The Morgan fingerprint density at radius 3 is 3.00 bits per heavy atom. The zero-order chi connectivity index (χ0) is 12.8. The lowest BCUT2D eigenvalue weighted by atomic mass is 10.2. The number of aromatic nitrogens is 3. The molecular weight excluding hydrogens is 232 g/mol. The van der Waals surface area contributed by atoms with Crippen LogP contribution >= 0.6 is 0 Å². The van der Waals surface area contributed by atoms with Crippen LogP contribution in [0.5, 0.6) is 0 Å². The maximum absolute atomic E-state index is 8.70. The molecule has 0 spiro atoms. The topological polar surface area (TPSA) is 100 Å².